The van der Waals surface area contributed by atoms with E-state index < -0.39 is 10.0 Å². The quantitative estimate of drug-likeness (QED) is 0.634. The number of nitrogens with two attached hydrogens (primary N) is 1. The first-order chi connectivity index (χ1) is 8.29. The van der Waals surface area contributed by atoms with E-state index in [-0.39, 0.29) is 16.6 Å². The van der Waals surface area contributed by atoms with Crippen molar-refractivity contribution in [3.63, 3.8) is 0 Å². The Balaban J connectivity index is 3.21. The van der Waals surface area contributed by atoms with Gasteiger partial charge in [0, 0.05) is 6.04 Å². The molecule has 1 rings (SSSR count). The normalized spacial score (nSPS) is 13.3. The highest BCUT2D eigenvalue weighted by atomic mass is 32.2. The molecule has 5 heteroatoms. The van der Waals surface area contributed by atoms with Crippen LogP contribution in [0.25, 0.3) is 0 Å². The lowest BCUT2D eigenvalue weighted by molar-refractivity contribution is 0.562. The number of nitrogens with one attached hydrogen (secondary N) is 1. The molecule has 0 aliphatic heterocycles. The molecule has 0 heterocycles. The number of sulfonamides is 1. The van der Waals surface area contributed by atoms with Crippen molar-refractivity contribution < 1.29 is 8.42 Å². The van der Waals surface area contributed by atoms with Crippen LogP contribution < -0.4 is 10.5 Å². The topological polar surface area (TPSA) is 72.2 Å². The smallest absolute Gasteiger partial charge is 0.243 e. The van der Waals surface area contributed by atoms with E-state index in [1.54, 1.807) is 26.0 Å². The van der Waals surface area contributed by atoms with E-state index in [0.717, 1.165) is 5.56 Å². The summed E-state index contributed by atoms with van der Waals surface area (Å²) >= 11 is 0. The van der Waals surface area contributed by atoms with Crippen LogP contribution in [0.15, 0.2) is 29.7 Å². The van der Waals surface area contributed by atoms with Gasteiger partial charge in [-0.1, -0.05) is 12.1 Å². The standard InChI is InChI=1S/C13H20N2O2S/c1-5-6-10(3)15-18(16,17)13-11(4)9(2)7-8-12(13)14/h5,7-8,10,15H,1,6,14H2,2-4H3. The fraction of sp³-hybridized carbons (Fsp3) is 0.385. The fourth-order valence-electron chi connectivity index (χ4n) is 1.79. The molecule has 0 aliphatic rings. The van der Waals surface area contributed by atoms with Gasteiger partial charge in [0.2, 0.25) is 10.0 Å². The number of nitrogen functional groups attached to an aromatic ring is 1. The zero-order chi connectivity index (χ0) is 13.9. The summed E-state index contributed by atoms with van der Waals surface area (Å²) in [5.74, 6) is 0. The average Bonchev–Trinajstić information content (AvgIpc) is 2.23. The van der Waals surface area contributed by atoms with Gasteiger partial charge in [-0.25, -0.2) is 13.1 Å². The van der Waals surface area contributed by atoms with Crippen LogP contribution in [-0.4, -0.2) is 14.5 Å². The van der Waals surface area contributed by atoms with Gasteiger partial charge in [0.1, 0.15) is 4.90 Å². The zero-order valence-electron chi connectivity index (χ0n) is 11.0. The summed E-state index contributed by atoms with van der Waals surface area (Å²) in [6, 6.07) is 3.23. The molecule has 0 radical (unpaired) electrons. The Morgan fingerprint density at radius 1 is 1.44 bits per heavy atom. The third kappa shape index (κ3) is 3.11. The largest absolute Gasteiger partial charge is 0.398 e. The monoisotopic (exact) mass is 268 g/mol. The predicted molar refractivity (Wildman–Crippen MR) is 74.9 cm³/mol. The molecular weight excluding hydrogens is 248 g/mol. The Morgan fingerprint density at radius 2 is 2.06 bits per heavy atom. The van der Waals surface area contributed by atoms with Crippen LogP contribution >= 0.6 is 0 Å². The van der Waals surface area contributed by atoms with Gasteiger partial charge < -0.3 is 5.73 Å². The van der Waals surface area contributed by atoms with E-state index in [9.17, 15) is 8.42 Å². The maximum absolute atomic E-state index is 12.3. The molecule has 3 N–H and O–H groups in total. The second-order valence-electron chi connectivity index (χ2n) is 4.47. The van der Waals surface area contributed by atoms with Crippen molar-refractivity contribution in [2.24, 2.45) is 0 Å². The number of hydrogen-bond acceptors (Lipinski definition) is 3. The molecule has 1 unspecified atom stereocenters. The van der Waals surface area contributed by atoms with Crippen molar-refractivity contribution in [2.75, 3.05) is 5.73 Å². The summed E-state index contributed by atoms with van der Waals surface area (Å²) in [5, 5.41) is 0. The molecule has 18 heavy (non-hydrogen) atoms. The number of anilines is 1. The Labute approximate surface area is 109 Å². The van der Waals surface area contributed by atoms with Gasteiger partial charge >= 0.3 is 0 Å². The summed E-state index contributed by atoms with van der Waals surface area (Å²) in [6.45, 7) is 9.01. The van der Waals surface area contributed by atoms with Gasteiger partial charge in [0.15, 0.2) is 0 Å². The minimum absolute atomic E-state index is 0.179. The molecule has 0 fully saturated rings. The minimum atomic E-state index is -3.59. The van der Waals surface area contributed by atoms with Gasteiger partial charge in [-0.2, -0.15) is 0 Å². The van der Waals surface area contributed by atoms with E-state index in [2.05, 4.69) is 11.3 Å². The van der Waals surface area contributed by atoms with Crippen LogP contribution in [-0.2, 0) is 10.0 Å². The van der Waals surface area contributed by atoms with Crippen molar-refractivity contribution in [1.29, 1.82) is 0 Å². The van der Waals surface area contributed by atoms with Crippen molar-refractivity contribution >= 4 is 15.7 Å². The lowest BCUT2D eigenvalue weighted by Gasteiger charge is -2.16. The van der Waals surface area contributed by atoms with Gasteiger partial charge in [-0.3, -0.25) is 0 Å². The molecule has 0 spiro atoms. The number of aryl methyl sites for hydroxylation is 1. The fourth-order valence-corrected chi connectivity index (χ4v) is 3.48. The van der Waals surface area contributed by atoms with Crippen molar-refractivity contribution in [3.05, 3.63) is 35.9 Å². The minimum Gasteiger partial charge on any atom is -0.398 e. The summed E-state index contributed by atoms with van der Waals surface area (Å²) in [6.07, 6.45) is 2.25. The molecule has 1 atom stereocenters. The Kier molecular flexibility index (Phi) is 4.53. The van der Waals surface area contributed by atoms with Crippen molar-refractivity contribution in [2.45, 2.75) is 38.1 Å². The molecule has 1 aromatic rings. The first kappa shape index (κ1) is 14.7. The maximum Gasteiger partial charge on any atom is 0.243 e. The molecular formula is C13H20N2O2S. The summed E-state index contributed by atoms with van der Waals surface area (Å²) < 4.78 is 27.2. The zero-order valence-corrected chi connectivity index (χ0v) is 11.8. The Bertz CT molecular complexity index is 550. The molecule has 0 amide bonds. The molecule has 0 saturated heterocycles. The van der Waals surface area contributed by atoms with E-state index in [1.807, 2.05) is 13.0 Å². The Hall–Kier alpha value is -1.33. The number of benzene rings is 1. The Morgan fingerprint density at radius 3 is 2.61 bits per heavy atom. The van der Waals surface area contributed by atoms with Crippen LogP contribution in [0, 0.1) is 13.8 Å². The van der Waals surface area contributed by atoms with Gasteiger partial charge in [0.05, 0.1) is 5.69 Å². The predicted octanol–water partition coefficient (Wildman–Crippen LogP) is 2.13. The molecule has 0 aliphatic carbocycles. The van der Waals surface area contributed by atoms with E-state index in [1.165, 1.54) is 0 Å². The highest BCUT2D eigenvalue weighted by Gasteiger charge is 2.22. The first-order valence-corrected chi connectivity index (χ1v) is 7.26. The molecule has 4 nitrogen and oxygen atoms in total. The van der Waals surface area contributed by atoms with E-state index >= 15 is 0 Å². The highest BCUT2D eigenvalue weighted by Crippen LogP contribution is 2.25. The van der Waals surface area contributed by atoms with Gasteiger partial charge in [0.25, 0.3) is 0 Å². The van der Waals surface area contributed by atoms with Gasteiger partial charge in [-0.05, 0) is 44.4 Å². The molecule has 0 aromatic heterocycles. The van der Waals surface area contributed by atoms with Crippen LogP contribution in [0.4, 0.5) is 5.69 Å². The molecule has 0 bridgehead atoms. The summed E-state index contributed by atoms with van der Waals surface area (Å²) in [5.41, 5.74) is 7.65. The first-order valence-electron chi connectivity index (χ1n) is 5.78. The second-order valence-corrected chi connectivity index (χ2v) is 6.12. The van der Waals surface area contributed by atoms with Crippen LogP contribution in [0.1, 0.15) is 24.5 Å². The van der Waals surface area contributed by atoms with E-state index in [0.29, 0.717) is 12.0 Å². The summed E-state index contributed by atoms with van der Waals surface area (Å²) in [4.78, 5) is 0.179. The van der Waals surface area contributed by atoms with Crippen LogP contribution in [0.3, 0.4) is 0 Å². The lowest BCUT2D eigenvalue weighted by atomic mass is 10.1. The molecule has 100 valence electrons. The molecule has 0 saturated carbocycles. The highest BCUT2D eigenvalue weighted by molar-refractivity contribution is 7.89. The van der Waals surface area contributed by atoms with Crippen LogP contribution in [0.5, 0.6) is 0 Å². The third-order valence-corrected chi connectivity index (χ3v) is 4.64. The maximum atomic E-state index is 12.3. The third-order valence-electron chi connectivity index (χ3n) is 2.85. The summed E-state index contributed by atoms with van der Waals surface area (Å²) in [7, 11) is -3.59. The number of rotatable bonds is 5. The SMILES string of the molecule is C=CCC(C)NS(=O)(=O)c1c(N)ccc(C)c1C. The average molecular weight is 268 g/mol. The van der Waals surface area contributed by atoms with Crippen molar-refractivity contribution in [1.82, 2.24) is 4.72 Å². The van der Waals surface area contributed by atoms with Crippen molar-refractivity contribution in [3.8, 4) is 0 Å². The molecule has 1 aromatic carbocycles. The van der Waals surface area contributed by atoms with Gasteiger partial charge in [-0.15, -0.1) is 6.58 Å². The van der Waals surface area contributed by atoms with Crippen LogP contribution in [0.2, 0.25) is 0 Å². The van der Waals surface area contributed by atoms with E-state index in [4.69, 9.17) is 5.73 Å². The number of hydrogen-bond donors (Lipinski definition) is 2. The lowest BCUT2D eigenvalue weighted by Crippen LogP contribution is -2.33. The second kappa shape index (κ2) is 5.54.